The van der Waals surface area contributed by atoms with Crippen LogP contribution in [0.25, 0.3) is 0 Å². The molecule has 0 aliphatic carbocycles. The van der Waals surface area contributed by atoms with Gasteiger partial charge in [0, 0.05) is 7.11 Å². The van der Waals surface area contributed by atoms with E-state index in [-0.39, 0.29) is 0 Å². The van der Waals surface area contributed by atoms with Crippen molar-refractivity contribution < 1.29 is 32.6 Å². The monoisotopic (exact) mass is 305 g/mol. The Hall–Kier alpha value is -2.09. The number of rotatable bonds is 5. The lowest BCUT2D eigenvalue weighted by molar-refractivity contribution is -0.208. The summed E-state index contributed by atoms with van der Waals surface area (Å²) in [6.45, 7) is 0.380. The van der Waals surface area contributed by atoms with Crippen LogP contribution >= 0.6 is 0 Å². The van der Waals surface area contributed by atoms with E-state index in [0.29, 0.717) is 12.5 Å². The Balaban J connectivity index is 3.04. The lowest BCUT2D eigenvalue weighted by atomic mass is 10.0. The van der Waals surface area contributed by atoms with E-state index in [1.807, 2.05) is 0 Å². The van der Waals surface area contributed by atoms with Gasteiger partial charge in [-0.05, 0) is 12.5 Å². The second-order valence-electron chi connectivity index (χ2n) is 4.44. The first kappa shape index (κ1) is 17.0. The number of carbonyl (C=O) groups excluding carboxylic acids is 1. The number of amides is 1. The number of nitrogens with one attached hydrogen (secondary N) is 1. The molecule has 1 aromatic carbocycles. The molecule has 0 aliphatic rings. The molecule has 2 N–H and O–H groups in total. The van der Waals surface area contributed by atoms with E-state index in [9.17, 15) is 22.8 Å². The van der Waals surface area contributed by atoms with Crippen LogP contribution in [0, 0.1) is 0 Å². The van der Waals surface area contributed by atoms with Gasteiger partial charge in [0.05, 0.1) is 0 Å². The zero-order valence-corrected chi connectivity index (χ0v) is 11.3. The van der Waals surface area contributed by atoms with Gasteiger partial charge in [-0.3, -0.25) is 4.79 Å². The van der Waals surface area contributed by atoms with E-state index >= 15 is 0 Å². The van der Waals surface area contributed by atoms with Crippen molar-refractivity contribution in [2.75, 3.05) is 7.11 Å². The lowest BCUT2D eigenvalue weighted by Gasteiger charge is -2.30. The fraction of sp³-hybridized carbons (Fsp3) is 0.385. The Labute approximate surface area is 118 Å². The molecule has 21 heavy (non-hydrogen) atoms. The number of alkyl halides is 3. The first-order chi connectivity index (χ1) is 9.63. The highest BCUT2D eigenvalue weighted by molar-refractivity contribution is 5.90. The van der Waals surface area contributed by atoms with E-state index in [0.717, 1.165) is 7.11 Å². The molecule has 8 heteroatoms. The SMILES string of the molecule is COC(C(=O)NC(C)(C(=O)O)C(F)(F)F)c1ccccc1. The summed E-state index contributed by atoms with van der Waals surface area (Å²) in [6, 6.07) is 7.79. The summed E-state index contributed by atoms with van der Waals surface area (Å²) in [5.74, 6) is -3.39. The second-order valence-corrected chi connectivity index (χ2v) is 4.44. The zero-order chi connectivity index (χ0) is 16.3. The summed E-state index contributed by atoms with van der Waals surface area (Å²) in [5.41, 5.74) is -3.08. The highest BCUT2D eigenvalue weighted by Gasteiger charge is 2.58. The van der Waals surface area contributed by atoms with E-state index < -0.39 is 29.7 Å². The predicted octanol–water partition coefficient (Wildman–Crippen LogP) is 1.90. The van der Waals surface area contributed by atoms with Crippen molar-refractivity contribution in [1.29, 1.82) is 0 Å². The number of ether oxygens (including phenoxy) is 1. The number of benzene rings is 1. The second kappa shape index (κ2) is 6.13. The summed E-state index contributed by atoms with van der Waals surface area (Å²) >= 11 is 0. The molecule has 0 saturated carbocycles. The Morgan fingerprint density at radius 3 is 2.14 bits per heavy atom. The summed E-state index contributed by atoms with van der Waals surface area (Å²) < 4.78 is 43.4. The Kier molecular flexibility index (Phi) is 4.95. The average Bonchev–Trinajstić information content (AvgIpc) is 2.39. The molecule has 0 fully saturated rings. The molecular formula is C13H14F3NO4. The number of hydrogen-bond donors (Lipinski definition) is 2. The highest BCUT2D eigenvalue weighted by atomic mass is 19.4. The van der Waals surface area contributed by atoms with E-state index in [1.165, 1.54) is 17.4 Å². The van der Waals surface area contributed by atoms with E-state index in [2.05, 4.69) is 0 Å². The number of methoxy groups -OCH3 is 1. The molecule has 2 unspecified atom stereocenters. The topological polar surface area (TPSA) is 75.6 Å². The molecular weight excluding hydrogens is 291 g/mol. The van der Waals surface area contributed by atoms with Crippen LogP contribution < -0.4 is 5.32 Å². The van der Waals surface area contributed by atoms with E-state index in [4.69, 9.17) is 9.84 Å². The molecule has 0 spiro atoms. The van der Waals surface area contributed by atoms with Crippen molar-refractivity contribution in [3.8, 4) is 0 Å². The number of halogens is 3. The molecule has 0 aliphatic heterocycles. The van der Waals surface area contributed by atoms with Crippen molar-refractivity contribution in [2.24, 2.45) is 0 Å². The van der Waals surface area contributed by atoms with Crippen LogP contribution in [0.1, 0.15) is 18.6 Å². The number of carbonyl (C=O) groups is 2. The third-order valence-corrected chi connectivity index (χ3v) is 2.94. The molecule has 1 rings (SSSR count). The number of aliphatic carboxylic acids is 1. The van der Waals surface area contributed by atoms with Crippen LogP contribution in [-0.2, 0) is 14.3 Å². The minimum absolute atomic E-state index is 0.312. The molecule has 0 bridgehead atoms. The summed E-state index contributed by atoms with van der Waals surface area (Å²) in [5, 5.41) is 10.3. The normalized spacial score (nSPS) is 15.9. The standard InChI is InChI=1S/C13H14F3NO4/c1-12(11(19)20,13(14,15)16)17-10(18)9(21-2)8-6-4-3-5-7-8/h3-7,9H,1-2H3,(H,17,18)(H,19,20). The first-order valence-corrected chi connectivity index (χ1v) is 5.83. The number of carboxylic acid groups (broad SMARTS) is 1. The van der Waals surface area contributed by atoms with Crippen molar-refractivity contribution in [3.05, 3.63) is 35.9 Å². The van der Waals surface area contributed by atoms with Crippen LogP contribution in [0.15, 0.2) is 30.3 Å². The largest absolute Gasteiger partial charge is 0.479 e. The molecule has 0 heterocycles. The number of carboxylic acids is 1. The number of hydrogen-bond acceptors (Lipinski definition) is 3. The Bertz CT molecular complexity index is 518. The quantitative estimate of drug-likeness (QED) is 0.871. The van der Waals surface area contributed by atoms with Gasteiger partial charge in [0.1, 0.15) is 0 Å². The third kappa shape index (κ3) is 3.52. The van der Waals surface area contributed by atoms with Gasteiger partial charge in [0.15, 0.2) is 6.10 Å². The van der Waals surface area contributed by atoms with Gasteiger partial charge >= 0.3 is 12.1 Å². The minimum atomic E-state index is -5.15. The van der Waals surface area contributed by atoms with Gasteiger partial charge in [-0.25, -0.2) is 4.79 Å². The molecule has 0 saturated heterocycles. The van der Waals surface area contributed by atoms with E-state index in [1.54, 1.807) is 18.2 Å². The third-order valence-electron chi connectivity index (χ3n) is 2.94. The van der Waals surface area contributed by atoms with Crippen LogP contribution in [0.5, 0.6) is 0 Å². The zero-order valence-electron chi connectivity index (χ0n) is 11.3. The first-order valence-electron chi connectivity index (χ1n) is 5.83. The van der Waals surface area contributed by atoms with Gasteiger partial charge in [-0.1, -0.05) is 30.3 Å². The molecule has 116 valence electrons. The molecule has 1 aromatic rings. The van der Waals surface area contributed by atoms with Crippen molar-refractivity contribution >= 4 is 11.9 Å². The van der Waals surface area contributed by atoms with Crippen LogP contribution in [0.4, 0.5) is 13.2 Å². The molecule has 5 nitrogen and oxygen atoms in total. The molecule has 0 aromatic heterocycles. The molecule has 1 amide bonds. The van der Waals surface area contributed by atoms with Gasteiger partial charge in [-0.15, -0.1) is 0 Å². The lowest BCUT2D eigenvalue weighted by Crippen LogP contribution is -2.62. The smallest absolute Gasteiger partial charge is 0.422 e. The Morgan fingerprint density at radius 2 is 1.76 bits per heavy atom. The highest BCUT2D eigenvalue weighted by Crippen LogP contribution is 2.31. The van der Waals surface area contributed by atoms with Crippen molar-refractivity contribution in [3.63, 3.8) is 0 Å². The predicted molar refractivity (Wildman–Crippen MR) is 66.4 cm³/mol. The molecule has 0 radical (unpaired) electrons. The van der Waals surface area contributed by atoms with Crippen LogP contribution in [0.2, 0.25) is 0 Å². The maximum Gasteiger partial charge on any atom is 0.422 e. The van der Waals surface area contributed by atoms with Gasteiger partial charge in [0.25, 0.3) is 5.91 Å². The average molecular weight is 305 g/mol. The fourth-order valence-corrected chi connectivity index (χ4v) is 1.58. The van der Waals surface area contributed by atoms with Gasteiger partial charge < -0.3 is 15.2 Å². The van der Waals surface area contributed by atoms with Crippen LogP contribution in [-0.4, -0.2) is 35.8 Å². The minimum Gasteiger partial charge on any atom is -0.479 e. The van der Waals surface area contributed by atoms with Gasteiger partial charge in [-0.2, -0.15) is 13.2 Å². The summed E-state index contributed by atoms with van der Waals surface area (Å²) in [4.78, 5) is 22.8. The maximum absolute atomic E-state index is 12.8. The van der Waals surface area contributed by atoms with Gasteiger partial charge in [0.2, 0.25) is 5.54 Å². The van der Waals surface area contributed by atoms with Crippen molar-refractivity contribution in [1.82, 2.24) is 5.32 Å². The van der Waals surface area contributed by atoms with Crippen LogP contribution in [0.3, 0.4) is 0 Å². The fourth-order valence-electron chi connectivity index (χ4n) is 1.58. The summed E-state index contributed by atoms with van der Waals surface area (Å²) in [6.07, 6.45) is -6.49. The molecule has 2 atom stereocenters. The summed E-state index contributed by atoms with van der Waals surface area (Å²) in [7, 11) is 1.14. The van der Waals surface area contributed by atoms with Crippen molar-refractivity contribution in [2.45, 2.75) is 24.7 Å². The Morgan fingerprint density at radius 1 is 1.24 bits per heavy atom. The maximum atomic E-state index is 12.8.